The molecule has 0 spiro atoms. The minimum Gasteiger partial charge on any atom is -0.505 e. The lowest BCUT2D eigenvalue weighted by Crippen LogP contribution is -2.27. The fraction of sp³-hybridized carbons (Fsp3) is 0.143. The maximum atomic E-state index is 15.3. The molecule has 0 unspecified atom stereocenters. The molecule has 0 amide bonds. The highest BCUT2D eigenvalue weighted by molar-refractivity contribution is 7.92. The van der Waals surface area contributed by atoms with Crippen molar-refractivity contribution >= 4 is 50.6 Å². The third kappa shape index (κ3) is 6.04. The van der Waals surface area contributed by atoms with Crippen molar-refractivity contribution in [3.05, 3.63) is 88.4 Å². The van der Waals surface area contributed by atoms with Crippen molar-refractivity contribution in [1.29, 1.82) is 5.41 Å². The van der Waals surface area contributed by atoms with E-state index in [-0.39, 0.29) is 34.0 Å². The van der Waals surface area contributed by atoms with E-state index in [0.717, 1.165) is 23.4 Å². The number of aliphatic hydroxyl groups excluding tert-OH is 1. The number of amidine groups is 1. The standard InChI is InChI=1S/C28H26F3N5O4S/c1-14-9-17-11-23(34-22(17)13-21(14)35-41(5,38)39)27(37)16(3)28(32)36(33-4)26-15(2)10-18(12-20(26)30)40-24-8-6-7-19(29)25(24)31/h6-13,32,34-35,37H,4H2,1-3,5H3. The van der Waals surface area contributed by atoms with Crippen molar-refractivity contribution in [2.24, 2.45) is 5.10 Å². The molecule has 0 aliphatic carbocycles. The SMILES string of the molecule is C=NN(C(=N)C(C)=C(O)c1cc2cc(C)c(NS(C)(=O)=O)cc2[nH]1)c1c(C)cc(Oc2cccc(F)c2F)cc1F. The van der Waals surface area contributed by atoms with Crippen LogP contribution in [0.15, 0.2) is 59.2 Å². The summed E-state index contributed by atoms with van der Waals surface area (Å²) in [7, 11) is -3.51. The number of nitrogens with zero attached hydrogens (tertiary/aromatic N) is 2. The number of aryl methyl sites for hydroxylation is 2. The number of benzene rings is 3. The quantitative estimate of drug-likeness (QED) is 0.0786. The van der Waals surface area contributed by atoms with Crippen LogP contribution in [0.1, 0.15) is 23.7 Å². The van der Waals surface area contributed by atoms with Crippen LogP contribution in [-0.2, 0) is 10.0 Å². The summed E-state index contributed by atoms with van der Waals surface area (Å²) in [6.45, 7) is 8.09. The van der Waals surface area contributed by atoms with E-state index in [9.17, 15) is 22.3 Å². The Hall–Kier alpha value is -4.78. The maximum absolute atomic E-state index is 15.3. The lowest BCUT2D eigenvalue weighted by atomic mass is 10.1. The Morgan fingerprint density at radius 3 is 2.44 bits per heavy atom. The molecule has 0 atom stereocenters. The third-order valence-electron chi connectivity index (χ3n) is 6.16. The number of hydrazone groups is 1. The zero-order chi connectivity index (χ0) is 30.2. The van der Waals surface area contributed by atoms with Crippen LogP contribution in [0.25, 0.3) is 16.7 Å². The molecule has 0 aliphatic rings. The molecule has 214 valence electrons. The molecule has 41 heavy (non-hydrogen) atoms. The zero-order valence-electron chi connectivity index (χ0n) is 22.4. The number of ether oxygens (including phenoxy) is 1. The maximum Gasteiger partial charge on any atom is 0.229 e. The predicted octanol–water partition coefficient (Wildman–Crippen LogP) is 6.75. The van der Waals surface area contributed by atoms with Gasteiger partial charge in [-0.3, -0.25) is 10.1 Å². The Balaban J connectivity index is 1.66. The summed E-state index contributed by atoms with van der Waals surface area (Å²) in [6.07, 6.45) is 1.04. The molecule has 0 radical (unpaired) electrons. The van der Waals surface area contributed by atoms with Gasteiger partial charge in [0.25, 0.3) is 0 Å². The number of aliphatic hydroxyl groups is 1. The first-order valence-corrected chi connectivity index (χ1v) is 13.9. The number of aromatic nitrogens is 1. The van der Waals surface area contributed by atoms with Crippen LogP contribution >= 0.6 is 0 Å². The summed E-state index contributed by atoms with van der Waals surface area (Å²) < 4.78 is 74.0. The van der Waals surface area contributed by atoms with Crippen LogP contribution in [0.2, 0.25) is 0 Å². The molecule has 1 aromatic heterocycles. The monoisotopic (exact) mass is 585 g/mol. The van der Waals surface area contributed by atoms with Crippen LogP contribution in [0, 0.1) is 36.7 Å². The molecule has 0 saturated heterocycles. The number of sulfonamides is 1. The molecular weight excluding hydrogens is 559 g/mol. The molecule has 3 aromatic carbocycles. The summed E-state index contributed by atoms with van der Waals surface area (Å²) in [5.74, 6) is -4.53. The Kier molecular flexibility index (Phi) is 7.84. The largest absolute Gasteiger partial charge is 0.505 e. The van der Waals surface area contributed by atoms with Gasteiger partial charge in [-0.1, -0.05) is 6.07 Å². The van der Waals surface area contributed by atoms with Crippen LogP contribution in [0.4, 0.5) is 24.5 Å². The number of hydrogen-bond donors (Lipinski definition) is 4. The molecule has 4 aromatic rings. The van der Waals surface area contributed by atoms with Gasteiger partial charge in [0, 0.05) is 29.3 Å². The van der Waals surface area contributed by atoms with Crippen molar-refractivity contribution < 1.29 is 31.4 Å². The summed E-state index contributed by atoms with van der Waals surface area (Å²) in [6, 6.07) is 10.6. The average molecular weight is 586 g/mol. The van der Waals surface area contributed by atoms with Crippen LogP contribution in [-0.4, -0.2) is 37.3 Å². The van der Waals surface area contributed by atoms with E-state index in [1.54, 1.807) is 25.1 Å². The Morgan fingerprint density at radius 2 is 1.80 bits per heavy atom. The number of aromatic amines is 1. The lowest BCUT2D eigenvalue weighted by molar-refractivity contribution is 0.414. The molecular formula is C28H26F3N5O4S. The van der Waals surface area contributed by atoms with Crippen molar-refractivity contribution in [2.45, 2.75) is 20.8 Å². The first kappa shape index (κ1) is 29.2. The fourth-order valence-electron chi connectivity index (χ4n) is 4.18. The number of rotatable bonds is 8. The van der Waals surface area contributed by atoms with Gasteiger partial charge in [0.15, 0.2) is 23.2 Å². The second-order valence-corrected chi connectivity index (χ2v) is 11.1. The highest BCUT2D eigenvalue weighted by Crippen LogP contribution is 2.34. The fourth-order valence-corrected chi connectivity index (χ4v) is 4.80. The van der Waals surface area contributed by atoms with Gasteiger partial charge >= 0.3 is 0 Å². The molecule has 1 heterocycles. The Labute approximate surface area is 234 Å². The van der Waals surface area contributed by atoms with Crippen molar-refractivity contribution in [2.75, 3.05) is 16.0 Å². The summed E-state index contributed by atoms with van der Waals surface area (Å²) >= 11 is 0. The van der Waals surface area contributed by atoms with Gasteiger partial charge in [-0.05, 0) is 68.3 Å². The summed E-state index contributed by atoms with van der Waals surface area (Å²) in [5.41, 5.74) is 1.83. The van der Waals surface area contributed by atoms with Gasteiger partial charge in [0.05, 0.1) is 17.6 Å². The van der Waals surface area contributed by atoms with Gasteiger partial charge in [-0.15, -0.1) is 0 Å². The number of hydrogen-bond acceptors (Lipinski definition) is 6. The van der Waals surface area contributed by atoms with Crippen LogP contribution in [0.5, 0.6) is 11.5 Å². The minimum atomic E-state index is -3.51. The second-order valence-electron chi connectivity index (χ2n) is 9.31. The van der Waals surface area contributed by atoms with E-state index < -0.39 is 39.1 Å². The molecule has 13 heteroatoms. The number of fused-ring (bicyclic) bond motifs is 1. The van der Waals surface area contributed by atoms with E-state index in [1.165, 1.54) is 32.0 Å². The van der Waals surface area contributed by atoms with E-state index in [4.69, 9.17) is 10.1 Å². The van der Waals surface area contributed by atoms with Crippen LogP contribution < -0.4 is 14.5 Å². The van der Waals surface area contributed by atoms with Gasteiger partial charge in [0.2, 0.25) is 15.8 Å². The molecule has 0 bridgehead atoms. The van der Waals surface area contributed by atoms with Crippen molar-refractivity contribution in [3.8, 4) is 11.5 Å². The highest BCUT2D eigenvalue weighted by atomic mass is 32.2. The third-order valence-corrected chi connectivity index (χ3v) is 6.75. The van der Waals surface area contributed by atoms with Gasteiger partial charge in [-0.2, -0.15) is 9.49 Å². The molecule has 9 nitrogen and oxygen atoms in total. The smallest absolute Gasteiger partial charge is 0.229 e. The van der Waals surface area contributed by atoms with E-state index in [0.29, 0.717) is 22.2 Å². The average Bonchev–Trinajstić information content (AvgIpc) is 3.29. The van der Waals surface area contributed by atoms with Gasteiger partial charge in [-0.25, -0.2) is 22.2 Å². The lowest BCUT2D eigenvalue weighted by Gasteiger charge is -2.23. The second kappa shape index (κ2) is 11.0. The zero-order valence-corrected chi connectivity index (χ0v) is 23.3. The number of nitrogens with one attached hydrogen (secondary N) is 3. The number of halogens is 3. The molecule has 4 rings (SSSR count). The molecule has 4 N–H and O–H groups in total. The Morgan fingerprint density at radius 1 is 1.10 bits per heavy atom. The number of anilines is 2. The first-order valence-electron chi connectivity index (χ1n) is 12.0. The van der Waals surface area contributed by atoms with Crippen molar-refractivity contribution in [1.82, 2.24) is 4.98 Å². The molecule has 0 aliphatic heterocycles. The summed E-state index contributed by atoms with van der Waals surface area (Å²) in [5, 5.41) is 25.0. The van der Waals surface area contributed by atoms with Crippen LogP contribution in [0.3, 0.4) is 0 Å². The van der Waals surface area contributed by atoms with Gasteiger partial charge < -0.3 is 14.8 Å². The number of H-pyrrole nitrogens is 1. The van der Waals surface area contributed by atoms with E-state index >= 15 is 4.39 Å². The minimum absolute atomic E-state index is 0.0103. The molecule has 0 saturated carbocycles. The molecule has 0 fully saturated rings. The van der Waals surface area contributed by atoms with E-state index in [2.05, 4.69) is 21.5 Å². The predicted molar refractivity (Wildman–Crippen MR) is 154 cm³/mol. The Bertz CT molecular complexity index is 1830. The highest BCUT2D eigenvalue weighted by Gasteiger charge is 2.23. The first-order chi connectivity index (χ1) is 19.2. The summed E-state index contributed by atoms with van der Waals surface area (Å²) in [4.78, 5) is 2.99. The topological polar surface area (TPSA) is 131 Å². The van der Waals surface area contributed by atoms with E-state index in [1.807, 2.05) is 0 Å². The van der Waals surface area contributed by atoms with Crippen molar-refractivity contribution in [3.63, 3.8) is 0 Å². The normalized spacial score (nSPS) is 12.2. The van der Waals surface area contributed by atoms with Gasteiger partial charge in [0.1, 0.15) is 17.2 Å².